The standard InChI is InChI=1S/C13H22N2/c1-4-12-5-7-13(8-6-12)11-14-9-10-15(2)3/h5-8,14H,4,9-11H2,1-3H3. The first-order valence-corrected chi connectivity index (χ1v) is 5.65. The van der Waals surface area contributed by atoms with E-state index in [-0.39, 0.29) is 0 Å². The van der Waals surface area contributed by atoms with Crippen LogP contribution in [0.15, 0.2) is 24.3 Å². The van der Waals surface area contributed by atoms with Crippen molar-refractivity contribution in [3.63, 3.8) is 0 Å². The Bertz CT molecular complexity index is 264. The third kappa shape index (κ3) is 4.96. The monoisotopic (exact) mass is 206 g/mol. The Labute approximate surface area is 93.3 Å². The van der Waals surface area contributed by atoms with E-state index in [0.29, 0.717) is 0 Å². The quantitative estimate of drug-likeness (QED) is 0.715. The SMILES string of the molecule is CCc1ccc(CNCCN(C)C)cc1. The van der Waals surface area contributed by atoms with Gasteiger partial charge in [0.2, 0.25) is 0 Å². The molecule has 1 N–H and O–H groups in total. The maximum Gasteiger partial charge on any atom is 0.0206 e. The highest BCUT2D eigenvalue weighted by molar-refractivity contribution is 5.22. The van der Waals surface area contributed by atoms with Crippen LogP contribution in [0.2, 0.25) is 0 Å². The highest BCUT2D eigenvalue weighted by Gasteiger charge is 1.94. The Balaban J connectivity index is 2.25. The molecule has 0 unspecified atom stereocenters. The van der Waals surface area contributed by atoms with E-state index in [9.17, 15) is 0 Å². The van der Waals surface area contributed by atoms with Gasteiger partial charge in [-0.3, -0.25) is 0 Å². The molecule has 1 aromatic rings. The molecule has 1 aromatic carbocycles. The molecular formula is C13H22N2. The summed E-state index contributed by atoms with van der Waals surface area (Å²) in [6.45, 7) is 5.29. The number of likely N-dealkylation sites (N-methyl/N-ethyl adjacent to an activating group) is 1. The van der Waals surface area contributed by atoms with E-state index < -0.39 is 0 Å². The Kier molecular flexibility index (Phi) is 5.37. The summed E-state index contributed by atoms with van der Waals surface area (Å²) in [7, 11) is 4.19. The number of nitrogens with one attached hydrogen (secondary N) is 1. The molecular weight excluding hydrogens is 184 g/mol. The van der Waals surface area contributed by atoms with Crippen LogP contribution in [0.25, 0.3) is 0 Å². The Morgan fingerprint density at radius 3 is 2.20 bits per heavy atom. The van der Waals surface area contributed by atoms with Crippen LogP contribution in [0.1, 0.15) is 18.1 Å². The number of rotatable bonds is 6. The van der Waals surface area contributed by atoms with Crippen molar-refractivity contribution in [1.29, 1.82) is 0 Å². The third-order valence-corrected chi connectivity index (χ3v) is 2.50. The average Bonchev–Trinajstić information content (AvgIpc) is 2.25. The molecule has 84 valence electrons. The summed E-state index contributed by atoms with van der Waals surface area (Å²) >= 11 is 0. The molecule has 0 bridgehead atoms. The van der Waals surface area contributed by atoms with Crippen LogP contribution in [0.4, 0.5) is 0 Å². The first-order chi connectivity index (χ1) is 7.22. The van der Waals surface area contributed by atoms with Gasteiger partial charge in [0.25, 0.3) is 0 Å². The number of hydrogen-bond donors (Lipinski definition) is 1. The van der Waals surface area contributed by atoms with Gasteiger partial charge >= 0.3 is 0 Å². The fraction of sp³-hybridized carbons (Fsp3) is 0.538. The Morgan fingerprint density at radius 2 is 1.67 bits per heavy atom. The van der Waals surface area contributed by atoms with Gasteiger partial charge in [0.05, 0.1) is 0 Å². The topological polar surface area (TPSA) is 15.3 Å². The second kappa shape index (κ2) is 6.59. The van der Waals surface area contributed by atoms with Gasteiger partial charge in [-0.25, -0.2) is 0 Å². The van der Waals surface area contributed by atoms with Crippen LogP contribution in [0.5, 0.6) is 0 Å². The van der Waals surface area contributed by atoms with Gasteiger partial charge in [-0.05, 0) is 31.6 Å². The van der Waals surface area contributed by atoms with E-state index >= 15 is 0 Å². The minimum Gasteiger partial charge on any atom is -0.311 e. The normalized spacial score (nSPS) is 10.9. The van der Waals surface area contributed by atoms with Gasteiger partial charge < -0.3 is 10.2 Å². The highest BCUT2D eigenvalue weighted by Crippen LogP contribution is 2.04. The lowest BCUT2D eigenvalue weighted by molar-refractivity contribution is 0.400. The van der Waals surface area contributed by atoms with Crippen LogP contribution in [0.3, 0.4) is 0 Å². The minimum atomic E-state index is 0.970. The lowest BCUT2D eigenvalue weighted by Gasteiger charge is -2.10. The van der Waals surface area contributed by atoms with Crippen molar-refractivity contribution in [2.24, 2.45) is 0 Å². The molecule has 0 aliphatic heterocycles. The first-order valence-electron chi connectivity index (χ1n) is 5.65. The molecule has 0 radical (unpaired) electrons. The van der Waals surface area contributed by atoms with E-state index in [1.807, 2.05) is 0 Å². The summed E-state index contributed by atoms with van der Waals surface area (Å²) in [6, 6.07) is 8.84. The van der Waals surface area contributed by atoms with Gasteiger partial charge in [-0.1, -0.05) is 31.2 Å². The van der Waals surface area contributed by atoms with Crippen molar-refractivity contribution < 1.29 is 0 Å². The third-order valence-electron chi connectivity index (χ3n) is 2.50. The number of benzene rings is 1. The molecule has 0 fully saturated rings. The van der Waals surface area contributed by atoms with E-state index in [2.05, 4.69) is 55.5 Å². The van der Waals surface area contributed by atoms with Gasteiger partial charge in [0.15, 0.2) is 0 Å². The summed E-state index contributed by atoms with van der Waals surface area (Å²) < 4.78 is 0. The van der Waals surface area contributed by atoms with Crippen molar-refractivity contribution in [2.45, 2.75) is 19.9 Å². The van der Waals surface area contributed by atoms with Gasteiger partial charge in [-0.2, -0.15) is 0 Å². The maximum atomic E-state index is 3.43. The maximum absolute atomic E-state index is 3.43. The number of nitrogens with zero attached hydrogens (tertiary/aromatic N) is 1. The van der Waals surface area contributed by atoms with Crippen molar-refractivity contribution in [3.8, 4) is 0 Å². The van der Waals surface area contributed by atoms with E-state index in [4.69, 9.17) is 0 Å². The zero-order chi connectivity index (χ0) is 11.1. The second-order valence-corrected chi connectivity index (χ2v) is 4.15. The van der Waals surface area contributed by atoms with Crippen LogP contribution >= 0.6 is 0 Å². The molecule has 1 rings (SSSR count). The second-order valence-electron chi connectivity index (χ2n) is 4.15. The van der Waals surface area contributed by atoms with Crippen molar-refractivity contribution in [3.05, 3.63) is 35.4 Å². The molecule has 0 saturated carbocycles. The summed E-state index contributed by atoms with van der Waals surface area (Å²) in [6.07, 6.45) is 1.12. The molecule has 2 nitrogen and oxygen atoms in total. The molecule has 0 aromatic heterocycles. The van der Waals surface area contributed by atoms with Crippen molar-refractivity contribution in [1.82, 2.24) is 10.2 Å². The van der Waals surface area contributed by atoms with E-state index in [0.717, 1.165) is 26.1 Å². The minimum absolute atomic E-state index is 0.970. The fourth-order valence-corrected chi connectivity index (χ4v) is 1.43. The highest BCUT2D eigenvalue weighted by atomic mass is 15.1. The Hall–Kier alpha value is -0.860. The molecule has 0 aliphatic rings. The van der Waals surface area contributed by atoms with Crippen LogP contribution in [-0.2, 0) is 13.0 Å². The predicted molar refractivity (Wildman–Crippen MR) is 66.1 cm³/mol. The molecule has 0 atom stereocenters. The molecule has 15 heavy (non-hydrogen) atoms. The molecule has 0 heterocycles. The molecule has 2 heteroatoms. The molecule has 0 aliphatic carbocycles. The van der Waals surface area contributed by atoms with Crippen molar-refractivity contribution >= 4 is 0 Å². The molecule has 0 spiro atoms. The number of aryl methyl sites for hydroxylation is 1. The van der Waals surface area contributed by atoms with Gasteiger partial charge in [0.1, 0.15) is 0 Å². The van der Waals surface area contributed by atoms with Crippen molar-refractivity contribution in [2.75, 3.05) is 27.2 Å². The fourth-order valence-electron chi connectivity index (χ4n) is 1.43. The van der Waals surface area contributed by atoms with Crippen LogP contribution < -0.4 is 5.32 Å². The Morgan fingerprint density at radius 1 is 1.07 bits per heavy atom. The van der Waals surface area contributed by atoms with E-state index in [1.54, 1.807) is 0 Å². The molecule has 0 amide bonds. The summed E-state index contributed by atoms with van der Waals surface area (Å²) in [5.41, 5.74) is 2.78. The van der Waals surface area contributed by atoms with Crippen LogP contribution in [0, 0.1) is 0 Å². The predicted octanol–water partition coefficient (Wildman–Crippen LogP) is 1.90. The lowest BCUT2D eigenvalue weighted by atomic mass is 10.1. The summed E-state index contributed by atoms with van der Waals surface area (Å²) in [4.78, 5) is 2.19. The zero-order valence-electron chi connectivity index (χ0n) is 10.1. The largest absolute Gasteiger partial charge is 0.311 e. The zero-order valence-corrected chi connectivity index (χ0v) is 10.1. The summed E-state index contributed by atoms with van der Waals surface area (Å²) in [5, 5.41) is 3.43. The first kappa shape index (κ1) is 12.2. The number of hydrogen-bond acceptors (Lipinski definition) is 2. The van der Waals surface area contributed by atoms with E-state index in [1.165, 1.54) is 11.1 Å². The van der Waals surface area contributed by atoms with Gasteiger partial charge in [-0.15, -0.1) is 0 Å². The van der Waals surface area contributed by atoms with Crippen LogP contribution in [-0.4, -0.2) is 32.1 Å². The average molecular weight is 206 g/mol. The van der Waals surface area contributed by atoms with Gasteiger partial charge in [0, 0.05) is 19.6 Å². The molecule has 0 saturated heterocycles. The smallest absolute Gasteiger partial charge is 0.0206 e. The lowest BCUT2D eigenvalue weighted by Crippen LogP contribution is -2.26. The summed E-state index contributed by atoms with van der Waals surface area (Å²) in [5.74, 6) is 0.